The Bertz CT molecular complexity index is 488. The normalized spacial score (nSPS) is 16.8. The second-order valence-electron chi connectivity index (χ2n) is 6.61. The highest BCUT2D eigenvalue weighted by molar-refractivity contribution is 5.83. The Morgan fingerprint density at radius 3 is 2.17 bits per heavy atom. The van der Waals surface area contributed by atoms with Crippen molar-refractivity contribution in [1.82, 2.24) is 15.1 Å². The van der Waals surface area contributed by atoms with Crippen LogP contribution in [0.25, 0.3) is 0 Å². The molecule has 134 valence electrons. The molecule has 1 aliphatic heterocycles. The van der Waals surface area contributed by atoms with Gasteiger partial charge in [0.2, 0.25) is 5.91 Å². The van der Waals surface area contributed by atoms with Crippen LogP contribution in [-0.4, -0.2) is 55.0 Å². The quantitative estimate of drug-likeness (QED) is 0.796. The fourth-order valence-electron chi connectivity index (χ4n) is 3.43. The van der Waals surface area contributed by atoms with E-state index < -0.39 is 0 Å². The van der Waals surface area contributed by atoms with Gasteiger partial charge in [-0.2, -0.15) is 0 Å². The lowest BCUT2D eigenvalue weighted by Gasteiger charge is -2.37. The van der Waals surface area contributed by atoms with Gasteiger partial charge in [-0.05, 0) is 30.4 Å². The number of hydrogen-bond acceptors (Lipinski definition) is 3. The zero-order valence-electron chi connectivity index (χ0n) is 15.6. The van der Waals surface area contributed by atoms with E-state index in [-0.39, 0.29) is 11.9 Å². The number of carbonyl (C=O) groups is 1. The number of nitrogens with zero attached hydrogens (tertiary/aromatic N) is 2. The molecule has 4 nitrogen and oxygen atoms in total. The zero-order chi connectivity index (χ0) is 17.4. The number of rotatable bonds is 8. The summed E-state index contributed by atoms with van der Waals surface area (Å²) in [5, 5.41) is 3.39. The van der Waals surface area contributed by atoms with Crippen molar-refractivity contribution in [1.29, 1.82) is 0 Å². The minimum Gasteiger partial charge on any atom is -0.341 e. The van der Waals surface area contributed by atoms with E-state index in [4.69, 9.17) is 0 Å². The second-order valence-corrected chi connectivity index (χ2v) is 6.61. The molecule has 1 heterocycles. The van der Waals surface area contributed by atoms with Crippen LogP contribution in [0.5, 0.6) is 0 Å². The van der Waals surface area contributed by atoms with Crippen LogP contribution in [0.2, 0.25) is 0 Å². The molecule has 0 aromatic heterocycles. The molecule has 1 N–H and O–H groups in total. The number of amides is 1. The van der Waals surface area contributed by atoms with Crippen LogP contribution in [0, 0.1) is 0 Å². The topological polar surface area (TPSA) is 35.6 Å². The molecule has 24 heavy (non-hydrogen) atoms. The summed E-state index contributed by atoms with van der Waals surface area (Å²) in [5.74, 6) is 0.268. The Kier molecular flexibility index (Phi) is 7.73. The van der Waals surface area contributed by atoms with E-state index in [9.17, 15) is 4.79 Å². The third-order valence-corrected chi connectivity index (χ3v) is 4.75. The second kappa shape index (κ2) is 9.80. The van der Waals surface area contributed by atoms with Gasteiger partial charge < -0.3 is 10.2 Å². The predicted octanol–water partition coefficient (Wildman–Crippen LogP) is 2.84. The van der Waals surface area contributed by atoms with Crippen molar-refractivity contribution in [3.05, 3.63) is 35.4 Å². The Morgan fingerprint density at radius 2 is 1.67 bits per heavy atom. The molecule has 1 atom stereocenters. The molecule has 2 rings (SSSR count). The van der Waals surface area contributed by atoms with Crippen LogP contribution < -0.4 is 5.32 Å². The molecule has 1 aromatic carbocycles. The number of benzene rings is 1. The van der Waals surface area contributed by atoms with Crippen LogP contribution in [0.3, 0.4) is 0 Å². The predicted molar refractivity (Wildman–Crippen MR) is 100 cm³/mol. The van der Waals surface area contributed by atoms with Crippen molar-refractivity contribution in [2.24, 2.45) is 0 Å². The average Bonchev–Trinajstić information content (AvgIpc) is 2.63. The minimum atomic E-state index is -0.142. The minimum absolute atomic E-state index is 0.142. The third kappa shape index (κ3) is 4.81. The molecule has 0 aliphatic carbocycles. The lowest BCUT2D eigenvalue weighted by Crippen LogP contribution is -2.50. The van der Waals surface area contributed by atoms with Crippen molar-refractivity contribution in [3.8, 4) is 0 Å². The van der Waals surface area contributed by atoms with E-state index in [2.05, 4.69) is 60.2 Å². The van der Waals surface area contributed by atoms with Gasteiger partial charge in [0, 0.05) is 39.3 Å². The SMILES string of the molecule is CCCN(CCC)C(=O)C(c1ccc(CC)cc1)N1CCNCC1. The van der Waals surface area contributed by atoms with Crippen molar-refractivity contribution < 1.29 is 4.79 Å². The highest BCUT2D eigenvalue weighted by Gasteiger charge is 2.31. The largest absolute Gasteiger partial charge is 0.341 e. The number of hydrogen-bond donors (Lipinski definition) is 1. The van der Waals surface area contributed by atoms with Gasteiger partial charge in [-0.1, -0.05) is 45.0 Å². The summed E-state index contributed by atoms with van der Waals surface area (Å²) in [6, 6.07) is 8.50. The molecule has 0 saturated carbocycles. The van der Waals surface area contributed by atoms with E-state index in [0.717, 1.165) is 64.1 Å². The molecular formula is C20H33N3O. The van der Waals surface area contributed by atoms with Crippen molar-refractivity contribution in [3.63, 3.8) is 0 Å². The molecule has 0 spiro atoms. The molecule has 1 aliphatic rings. The number of aryl methyl sites for hydroxylation is 1. The number of carbonyl (C=O) groups excluding carboxylic acids is 1. The van der Waals surface area contributed by atoms with Crippen molar-refractivity contribution in [2.45, 2.75) is 46.1 Å². The Balaban J connectivity index is 2.27. The fourth-order valence-corrected chi connectivity index (χ4v) is 3.43. The summed E-state index contributed by atoms with van der Waals surface area (Å²) in [4.78, 5) is 17.7. The smallest absolute Gasteiger partial charge is 0.244 e. The van der Waals surface area contributed by atoms with E-state index in [1.807, 2.05) is 0 Å². The summed E-state index contributed by atoms with van der Waals surface area (Å²) in [5.41, 5.74) is 2.46. The highest BCUT2D eigenvalue weighted by atomic mass is 16.2. The van der Waals surface area contributed by atoms with Crippen LogP contribution in [0.1, 0.15) is 50.8 Å². The fraction of sp³-hybridized carbons (Fsp3) is 0.650. The summed E-state index contributed by atoms with van der Waals surface area (Å²) >= 11 is 0. The van der Waals surface area contributed by atoms with Crippen LogP contribution >= 0.6 is 0 Å². The standard InChI is InChI=1S/C20H33N3O/c1-4-13-23(14-5-2)20(24)19(22-15-11-21-12-16-22)18-9-7-17(6-3)8-10-18/h7-10,19,21H,4-6,11-16H2,1-3H3. The first-order chi connectivity index (χ1) is 11.7. The van der Waals surface area contributed by atoms with Gasteiger partial charge in [0.25, 0.3) is 0 Å². The first-order valence-electron chi connectivity index (χ1n) is 9.53. The maximum Gasteiger partial charge on any atom is 0.244 e. The van der Waals surface area contributed by atoms with Crippen molar-refractivity contribution >= 4 is 5.91 Å². The molecule has 0 bridgehead atoms. The maximum absolute atomic E-state index is 13.3. The van der Waals surface area contributed by atoms with Gasteiger partial charge in [0.1, 0.15) is 6.04 Å². The van der Waals surface area contributed by atoms with Gasteiger partial charge >= 0.3 is 0 Å². The van der Waals surface area contributed by atoms with E-state index in [0.29, 0.717) is 0 Å². The molecule has 1 amide bonds. The van der Waals surface area contributed by atoms with Crippen LogP contribution in [-0.2, 0) is 11.2 Å². The number of nitrogens with one attached hydrogen (secondary N) is 1. The van der Waals surface area contributed by atoms with Gasteiger partial charge in [-0.25, -0.2) is 0 Å². The monoisotopic (exact) mass is 331 g/mol. The molecular weight excluding hydrogens is 298 g/mol. The Morgan fingerprint density at radius 1 is 1.08 bits per heavy atom. The summed E-state index contributed by atoms with van der Waals surface area (Å²) in [6.45, 7) is 11.9. The first-order valence-corrected chi connectivity index (χ1v) is 9.53. The lowest BCUT2D eigenvalue weighted by atomic mass is 10.00. The Labute approximate surface area is 147 Å². The molecule has 0 radical (unpaired) electrons. The molecule has 4 heteroatoms. The summed E-state index contributed by atoms with van der Waals surface area (Å²) in [6.07, 6.45) is 3.05. The maximum atomic E-state index is 13.3. The molecule has 1 saturated heterocycles. The van der Waals surface area contributed by atoms with Crippen LogP contribution in [0.15, 0.2) is 24.3 Å². The van der Waals surface area contributed by atoms with Gasteiger partial charge in [0.15, 0.2) is 0 Å². The van der Waals surface area contributed by atoms with Gasteiger partial charge in [-0.3, -0.25) is 9.69 Å². The first kappa shape index (κ1) is 18.9. The van der Waals surface area contributed by atoms with E-state index in [1.165, 1.54) is 5.56 Å². The Hall–Kier alpha value is -1.39. The van der Waals surface area contributed by atoms with Gasteiger partial charge in [0.05, 0.1) is 0 Å². The molecule has 1 fully saturated rings. The molecule has 1 unspecified atom stereocenters. The molecule has 1 aromatic rings. The summed E-state index contributed by atoms with van der Waals surface area (Å²) < 4.78 is 0. The van der Waals surface area contributed by atoms with Gasteiger partial charge in [-0.15, -0.1) is 0 Å². The van der Waals surface area contributed by atoms with Crippen LogP contribution in [0.4, 0.5) is 0 Å². The number of piperazine rings is 1. The summed E-state index contributed by atoms with van der Waals surface area (Å²) in [7, 11) is 0. The lowest BCUT2D eigenvalue weighted by molar-refractivity contribution is -0.137. The van der Waals surface area contributed by atoms with E-state index in [1.54, 1.807) is 0 Å². The highest BCUT2D eigenvalue weighted by Crippen LogP contribution is 2.25. The average molecular weight is 332 g/mol. The van der Waals surface area contributed by atoms with Crippen molar-refractivity contribution in [2.75, 3.05) is 39.3 Å². The third-order valence-electron chi connectivity index (χ3n) is 4.75. The van der Waals surface area contributed by atoms with E-state index >= 15 is 0 Å². The zero-order valence-corrected chi connectivity index (χ0v) is 15.6.